The van der Waals surface area contributed by atoms with Gasteiger partial charge in [-0.2, -0.15) is 0 Å². The van der Waals surface area contributed by atoms with Gasteiger partial charge in [-0.25, -0.2) is 5.01 Å². The highest BCUT2D eigenvalue weighted by Crippen LogP contribution is 2.17. The molecule has 0 aromatic carbocycles. The number of hydrazine groups is 1. The zero-order chi connectivity index (χ0) is 15.5. The van der Waals surface area contributed by atoms with Gasteiger partial charge in [-0.1, -0.05) is 53.7 Å². The number of nitrogens with zero attached hydrogens (tertiary/aromatic N) is 1. The summed E-state index contributed by atoms with van der Waals surface area (Å²) in [5, 5.41) is 1.75. The minimum Gasteiger partial charge on any atom is -0.401 e. The molecule has 1 atom stereocenters. The van der Waals surface area contributed by atoms with Crippen molar-refractivity contribution in [3.8, 4) is 0 Å². The van der Waals surface area contributed by atoms with Crippen molar-refractivity contribution in [1.29, 1.82) is 0 Å². The van der Waals surface area contributed by atoms with Gasteiger partial charge in [-0.3, -0.25) is 5.84 Å². The summed E-state index contributed by atoms with van der Waals surface area (Å²) in [4.78, 5) is 0. The zero-order valence-corrected chi connectivity index (χ0v) is 13.7. The van der Waals surface area contributed by atoms with Gasteiger partial charge in [-0.15, -0.1) is 6.58 Å². The lowest BCUT2D eigenvalue weighted by atomic mass is 9.93. The Balaban J connectivity index is 0. The fourth-order valence-electron chi connectivity index (χ4n) is 1.62. The van der Waals surface area contributed by atoms with Gasteiger partial charge in [0.15, 0.2) is 0 Å². The van der Waals surface area contributed by atoms with Crippen LogP contribution in [0.3, 0.4) is 0 Å². The van der Waals surface area contributed by atoms with Gasteiger partial charge in [0.1, 0.15) is 0 Å². The van der Waals surface area contributed by atoms with Gasteiger partial charge in [0, 0.05) is 12.2 Å². The molecule has 0 amide bonds. The van der Waals surface area contributed by atoms with Gasteiger partial charge < -0.3 is 5.73 Å². The first-order valence-electron chi connectivity index (χ1n) is 7.26. The van der Waals surface area contributed by atoms with Crippen LogP contribution in [0.2, 0.25) is 0 Å². The lowest BCUT2D eigenvalue weighted by molar-refractivity contribution is 0.290. The van der Waals surface area contributed by atoms with E-state index < -0.39 is 0 Å². The number of hydrogen-bond acceptors (Lipinski definition) is 3. The Morgan fingerprint density at radius 3 is 1.95 bits per heavy atom. The van der Waals surface area contributed by atoms with Crippen LogP contribution in [-0.4, -0.2) is 17.6 Å². The normalized spacial score (nSPS) is 18.7. The lowest BCUT2D eigenvalue weighted by Gasteiger charge is -2.17. The topological polar surface area (TPSA) is 55.3 Å². The molecule has 4 N–H and O–H groups in total. The van der Waals surface area contributed by atoms with Crippen LogP contribution in [0.15, 0.2) is 24.9 Å². The standard InChI is InChI=1S/C7H14.C6H13N3.C3H8/c1-5-6-7(2,3)4;1-5(7)6-3-2-4-9(6)8;1-3-2/h5H,1,6H2,2-4H3;6H,1-4,7-8H2;3H2,1-2H3. The van der Waals surface area contributed by atoms with Gasteiger partial charge >= 0.3 is 0 Å². The van der Waals surface area contributed by atoms with E-state index in [0.717, 1.165) is 25.8 Å². The van der Waals surface area contributed by atoms with Crippen LogP contribution >= 0.6 is 0 Å². The van der Waals surface area contributed by atoms with Crippen molar-refractivity contribution in [2.75, 3.05) is 6.54 Å². The molecule has 0 radical (unpaired) electrons. The third-order valence-electron chi connectivity index (χ3n) is 2.48. The van der Waals surface area contributed by atoms with Crippen molar-refractivity contribution >= 4 is 0 Å². The Hall–Kier alpha value is -0.800. The van der Waals surface area contributed by atoms with Crippen LogP contribution in [0.1, 0.15) is 60.3 Å². The number of nitrogens with two attached hydrogens (primary N) is 2. The first-order valence-corrected chi connectivity index (χ1v) is 7.26. The van der Waals surface area contributed by atoms with E-state index in [1.807, 2.05) is 6.08 Å². The van der Waals surface area contributed by atoms with Crippen LogP contribution < -0.4 is 11.6 Å². The Morgan fingerprint density at radius 1 is 1.37 bits per heavy atom. The molecule has 3 nitrogen and oxygen atoms in total. The van der Waals surface area contributed by atoms with E-state index in [2.05, 4.69) is 47.8 Å². The number of allylic oxidation sites excluding steroid dienone is 1. The second kappa shape index (κ2) is 11.1. The molecular weight excluding hydrogens is 234 g/mol. The molecule has 3 heteroatoms. The molecule has 19 heavy (non-hydrogen) atoms. The van der Waals surface area contributed by atoms with Crippen molar-refractivity contribution in [3.05, 3.63) is 24.9 Å². The Bertz CT molecular complexity index is 241. The van der Waals surface area contributed by atoms with E-state index in [9.17, 15) is 0 Å². The molecule has 0 aromatic heterocycles. The number of hydrogen-bond donors (Lipinski definition) is 2. The molecule has 0 saturated carbocycles. The molecule has 0 aromatic rings. The molecule has 1 aliphatic heterocycles. The summed E-state index contributed by atoms with van der Waals surface area (Å²) >= 11 is 0. The minimum absolute atomic E-state index is 0.227. The minimum atomic E-state index is 0.227. The second-order valence-corrected chi connectivity index (χ2v) is 6.23. The summed E-state index contributed by atoms with van der Waals surface area (Å²) < 4.78 is 0. The molecule has 0 bridgehead atoms. The largest absolute Gasteiger partial charge is 0.401 e. The van der Waals surface area contributed by atoms with E-state index >= 15 is 0 Å². The quantitative estimate of drug-likeness (QED) is 0.592. The Labute approximate surface area is 120 Å². The van der Waals surface area contributed by atoms with Crippen LogP contribution in [0.5, 0.6) is 0 Å². The highest BCUT2D eigenvalue weighted by molar-refractivity contribution is 5.02. The Morgan fingerprint density at radius 2 is 1.84 bits per heavy atom. The average Bonchev–Trinajstić information content (AvgIpc) is 2.64. The van der Waals surface area contributed by atoms with E-state index in [-0.39, 0.29) is 6.04 Å². The van der Waals surface area contributed by atoms with Crippen LogP contribution in [-0.2, 0) is 0 Å². The van der Waals surface area contributed by atoms with Gasteiger partial charge in [-0.05, 0) is 24.7 Å². The van der Waals surface area contributed by atoms with Crippen LogP contribution in [0.4, 0.5) is 0 Å². The monoisotopic (exact) mass is 269 g/mol. The molecule has 0 aliphatic carbocycles. The van der Waals surface area contributed by atoms with Gasteiger partial charge in [0.25, 0.3) is 0 Å². The second-order valence-electron chi connectivity index (χ2n) is 6.23. The summed E-state index contributed by atoms with van der Waals surface area (Å²) in [6.45, 7) is 19.1. The molecule has 114 valence electrons. The Kier molecular flexibility index (Phi) is 11.9. The predicted octanol–water partition coefficient (Wildman–Crippen LogP) is 3.82. The summed E-state index contributed by atoms with van der Waals surface area (Å²) in [5.74, 6) is 5.57. The van der Waals surface area contributed by atoms with Crippen LogP contribution in [0.25, 0.3) is 0 Å². The summed E-state index contributed by atoms with van der Waals surface area (Å²) in [5.41, 5.74) is 6.59. The SMILES string of the molecule is C=C(N)C1CCCN1N.C=CCC(C)(C)C.CCC. The summed E-state index contributed by atoms with van der Waals surface area (Å²) in [6, 6.07) is 0.227. The van der Waals surface area contributed by atoms with Gasteiger partial charge in [0.2, 0.25) is 0 Å². The molecule has 1 unspecified atom stereocenters. The summed E-state index contributed by atoms with van der Waals surface area (Å²) in [7, 11) is 0. The van der Waals surface area contributed by atoms with Crippen molar-refractivity contribution < 1.29 is 0 Å². The molecule has 1 aliphatic rings. The third kappa shape index (κ3) is 13.4. The zero-order valence-electron chi connectivity index (χ0n) is 13.7. The van der Waals surface area contributed by atoms with Crippen molar-refractivity contribution in [2.45, 2.75) is 66.3 Å². The molecule has 1 heterocycles. The van der Waals surface area contributed by atoms with E-state index in [4.69, 9.17) is 11.6 Å². The number of rotatable bonds is 2. The van der Waals surface area contributed by atoms with Crippen molar-refractivity contribution in [1.82, 2.24) is 5.01 Å². The highest BCUT2D eigenvalue weighted by atomic mass is 15.4. The lowest BCUT2D eigenvalue weighted by Crippen LogP contribution is -2.38. The molecule has 1 rings (SSSR count). The fraction of sp³-hybridized carbons (Fsp3) is 0.750. The third-order valence-corrected chi connectivity index (χ3v) is 2.48. The molecule has 0 spiro atoms. The first-order chi connectivity index (χ1) is 8.69. The van der Waals surface area contributed by atoms with Crippen LogP contribution in [0, 0.1) is 5.41 Å². The maximum atomic E-state index is 5.57. The van der Waals surface area contributed by atoms with Crippen molar-refractivity contribution in [2.24, 2.45) is 17.0 Å². The molecule has 1 saturated heterocycles. The van der Waals surface area contributed by atoms with Gasteiger partial charge in [0.05, 0.1) is 6.04 Å². The average molecular weight is 269 g/mol. The predicted molar refractivity (Wildman–Crippen MR) is 87.5 cm³/mol. The summed E-state index contributed by atoms with van der Waals surface area (Å²) in [6.07, 6.45) is 6.51. The first kappa shape index (κ1) is 20.5. The van der Waals surface area contributed by atoms with E-state index in [1.165, 1.54) is 6.42 Å². The smallest absolute Gasteiger partial charge is 0.0629 e. The van der Waals surface area contributed by atoms with E-state index in [0.29, 0.717) is 11.1 Å². The fourth-order valence-corrected chi connectivity index (χ4v) is 1.62. The molecule has 1 fully saturated rings. The van der Waals surface area contributed by atoms with E-state index in [1.54, 1.807) is 5.01 Å². The van der Waals surface area contributed by atoms with Crippen molar-refractivity contribution in [3.63, 3.8) is 0 Å². The maximum absolute atomic E-state index is 5.57. The highest BCUT2D eigenvalue weighted by Gasteiger charge is 2.21. The molecular formula is C16H35N3. The maximum Gasteiger partial charge on any atom is 0.0629 e.